The first-order chi connectivity index (χ1) is 10.2. The Hall–Kier alpha value is -2.20. The Morgan fingerprint density at radius 1 is 0.952 bits per heavy atom. The van der Waals surface area contributed by atoms with Gasteiger partial charge in [0, 0.05) is 26.3 Å². The highest BCUT2D eigenvalue weighted by Crippen LogP contribution is 2.28. The van der Waals surface area contributed by atoms with Gasteiger partial charge in [-0.25, -0.2) is 0 Å². The van der Waals surface area contributed by atoms with Gasteiger partial charge in [-0.15, -0.1) is 10.2 Å². The molecule has 4 heteroatoms. The molecule has 21 heavy (non-hydrogen) atoms. The number of benzene rings is 2. The van der Waals surface area contributed by atoms with E-state index in [0.29, 0.717) is 0 Å². The second kappa shape index (κ2) is 4.67. The van der Waals surface area contributed by atoms with E-state index in [4.69, 9.17) is 0 Å². The summed E-state index contributed by atoms with van der Waals surface area (Å²) in [7, 11) is 0. The van der Waals surface area contributed by atoms with E-state index in [0.717, 1.165) is 32.3 Å². The van der Waals surface area contributed by atoms with Crippen LogP contribution in [0.4, 0.5) is 0 Å². The van der Waals surface area contributed by atoms with Crippen LogP contribution in [0.1, 0.15) is 5.56 Å². The van der Waals surface area contributed by atoms with Gasteiger partial charge in [-0.2, -0.15) is 0 Å². The van der Waals surface area contributed by atoms with Crippen LogP contribution < -0.4 is 0 Å². The fourth-order valence-corrected chi connectivity index (χ4v) is 2.84. The number of fused-ring (bicyclic) bond motifs is 3. The summed E-state index contributed by atoms with van der Waals surface area (Å²) in [6, 6.07) is 16.5. The minimum Gasteiger partial charge on any atom is -0.338 e. The molecule has 2 aromatic carbocycles. The van der Waals surface area contributed by atoms with Gasteiger partial charge in [0.1, 0.15) is 0 Å². The summed E-state index contributed by atoms with van der Waals surface area (Å²) in [6.07, 6.45) is 0. The summed E-state index contributed by atoms with van der Waals surface area (Å²) in [5.74, 6) is 0. The fourth-order valence-electron chi connectivity index (χ4n) is 2.59. The van der Waals surface area contributed by atoms with Crippen molar-refractivity contribution >= 4 is 37.9 Å². The molecule has 0 aliphatic heterocycles. The number of rotatable bonds is 1. The second-order valence-electron chi connectivity index (χ2n) is 5.13. The van der Waals surface area contributed by atoms with E-state index >= 15 is 0 Å². The Bertz CT molecular complexity index is 972. The molecule has 4 aromatic rings. The van der Waals surface area contributed by atoms with Gasteiger partial charge < -0.3 is 4.98 Å². The average molecular weight is 338 g/mol. The van der Waals surface area contributed by atoms with E-state index in [9.17, 15) is 0 Å². The van der Waals surface area contributed by atoms with Gasteiger partial charge >= 0.3 is 0 Å². The second-order valence-corrected chi connectivity index (χ2v) is 5.98. The lowest BCUT2D eigenvalue weighted by molar-refractivity contribution is 1.07. The summed E-state index contributed by atoms with van der Waals surface area (Å²) >= 11 is 3.53. The predicted octanol–water partition coefficient (Wildman–Crippen LogP) is 4.85. The summed E-state index contributed by atoms with van der Waals surface area (Å²) in [6.45, 7) is 2.07. The zero-order valence-electron chi connectivity index (χ0n) is 11.4. The Morgan fingerprint density at radius 2 is 1.81 bits per heavy atom. The molecule has 0 radical (unpaired) electrons. The van der Waals surface area contributed by atoms with Crippen LogP contribution in [0.25, 0.3) is 33.2 Å². The molecule has 2 heterocycles. The minimum atomic E-state index is 0.828. The van der Waals surface area contributed by atoms with E-state index in [1.807, 2.05) is 18.2 Å². The number of H-pyrrole nitrogens is 1. The van der Waals surface area contributed by atoms with E-state index in [1.54, 1.807) is 0 Å². The van der Waals surface area contributed by atoms with Gasteiger partial charge in [0.05, 0.1) is 5.69 Å². The summed E-state index contributed by atoms with van der Waals surface area (Å²) in [5, 5.41) is 11.0. The van der Waals surface area contributed by atoms with Crippen molar-refractivity contribution in [2.45, 2.75) is 6.92 Å². The molecule has 0 fully saturated rings. The molecule has 2 aromatic heterocycles. The third kappa shape index (κ3) is 2.03. The molecule has 0 unspecified atom stereocenters. The average Bonchev–Trinajstić information content (AvgIpc) is 2.88. The molecule has 102 valence electrons. The molecule has 3 nitrogen and oxygen atoms in total. The number of nitrogens with one attached hydrogen (secondary N) is 1. The van der Waals surface area contributed by atoms with Crippen LogP contribution in [0.3, 0.4) is 0 Å². The van der Waals surface area contributed by atoms with Crippen LogP contribution in [-0.2, 0) is 0 Å². The number of nitrogens with zero attached hydrogens (tertiary/aromatic N) is 2. The third-order valence-electron chi connectivity index (χ3n) is 3.72. The number of aryl methyl sites for hydroxylation is 1. The molecule has 0 amide bonds. The molecular formula is C17H12BrN3. The van der Waals surface area contributed by atoms with Crippen molar-refractivity contribution in [2.75, 3.05) is 0 Å². The summed E-state index contributed by atoms with van der Waals surface area (Å²) < 4.78 is 1.10. The van der Waals surface area contributed by atoms with Crippen LogP contribution in [-0.4, -0.2) is 15.2 Å². The molecule has 0 saturated carbocycles. The van der Waals surface area contributed by atoms with Crippen LogP contribution in [0.2, 0.25) is 0 Å². The molecule has 0 spiro atoms. The Labute approximate surface area is 130 Å². The van der Waals surface area contributed by atoms with Gasteiger partial charge in [-0.3, -0.25) is 0 Å². The summed E-state index contributed by atoms with van der Waals surface area (Å²) in [5.41, 5.74) is 5.08. The summed E-state index contributed by atoms with van der Waals surface area (Å²) in [4.78, 5) is 3.30. The van der Waals surface area contributed by atoms with Crippen molar-refractivity contribution < 1.29 is 0 Å². The third-order valence-corrected chi connectivity index (χ3v) is 4.61. The molecule has 4 rings (SSSR count). The van der Waals surface area contributed by atoms with Gasteiger partial charge in [-0.05, 0) is 36.8 Å². The highest BCUT2D eigenvalue weighted by atomic mass is 79.9. The van der Waals surface area contributed by atoms with E-state index in [2.05, 4.69) is 68.4 Å². The first-order valence-corrected chi connectivity index (χ1v) is 7.52. The predicted molar refractivity (Wildman–Crippen MR) is 89.3 cm³/mol. The number of aromatic nitrogens is 3. The van der Waals surface area contributed by atoms with Crippen LogP contribution in [0.5, 0.6) is 0 Å². The van der Waals surface area contributed by atoms with Crippen LogP contribution >= 0.6 is 15.9 Å². The zero-order valence-corrected chi connectivity index (χ0v) is 13.0. The smallest absolute Gasteiger partial charge is 0.161 e. The standard InChI is InChI=1S/C17H12BrN3/c1-10-8-11(6-7-14(10)18)16-9-13-12-4-2-3-5-15(12)19-17(13)21-20-16/h2-9H,1H3,(H,19,21). The van der Waals surface area contributed by atoms with Crippen molar-refractivity contribution in [2.24, 2.45) is 0 Å². The monoisotopic (exact) mass is 337 g/mol. The highest BCUT2D eigenvalue weighted by Gasteiger charge is 2.09. The normalized spacial score (nSPS) is 11.3. The fraction of sp³-hybridized carbons (Fsp3) is 0.0588. The molecule has 0 aliphatic carbocycles. The number of halogens is 1. The van der Waals surface area contributed by atoms with Gasteiger partial charge in [-0.1, -0.05) is 40.2 Å². The molecule has 0 atom stereocenters. The number of para-hydroxylation sites is 1. The SMILES string of the molecule is Cc1cc(-c2cc3c(nn2)[nH]c2ccccc23)ccc1Br. The van der Waals surface area contributed by atoms with Crippen molar-refractivity contribution in [3.05, 3.63) is 58.6 Å². The van der Waals surface area contributed by atoms with Crippen LogP contribution in [0, 0.1) is 6.92 Å². The van der Waals surface area contributed by atoms with Crippen LogP contribution in [0.15, 0.2) is 53.0 Å². The van der Waals surface area contributed by atoms with Crippen molar-refractivity contribution in [3.63, 3.8) is 0 Å². The number of hydrogen-bond acceptors (Lipinski definition) is 2. The molecule has 0 saturated heterocycles. The number of hydrogen-bond donors (Lipinski definition) is 1. The van der Waals surface area contributed by atoms with Gasteiger partial charge in [0.15, 0.2) is 5.65 Å². The highest BCUT2D eigenvalue weighted by molar-refractivity contribution is 9.10. The maximum Gasteiger partial charge on any atom is 0.161 e. The lowest BCUT2D eigenvalue weighted by Crippen LogP contribution is -1.89. The maximum absolute atomic E-state index is 4.35. The van der Waals surface area contributed by atoms with Crippen molar-refractivity contribution in [1.29, 1.82) is 0 Å². The van der Waals surface area contributed by atoms with Gasteiger partial charge in [0.2, 0.25) is 0 Å². The lowest BCUT2D eigenvalue weighted by atomic mass is 10.1. The Balaban J connectivity index is 1.97. The molecule has 1 N–H and O–H groups in total. The first-order valence-electron chi connectivity index (χ1n) is 6.73. The van der Waals surface area contributed by atoms with Crippen molar-refractivity contribution in [1.82, 2.24) is 15.2 Å². The Morgan fingerprint density at radius 3 is 2.67 bits per heavy atom. The minimum absolute atomic E-state index is 0.828. The first kappa shape index (κ1) is 12.5. The quantitative estimate of drug-likeness (QED) is 0.539. The molecular weight excluding hydrogens is 326 g/mol. The molecule has 0 bridgehead atoms. The number of aromatic amines is 1. The van der Waals surface area contributed by atoms with E-state index < -0.39 is 0 Å². The largest absolute Gasteiger partial charge is 0.338 e. The Kier molecular flexibility index (Phi) is 2.79. The van der Waals surface area contributed by atoms with E-state index in [1.165, 1.54) is 10.9 Å². The van der Waals surface area contributed by atoms with E-state index in [-0.39, 0.29) is 0 Å². The lowest BCUT2D eigenvalue weighted by Gasteiger charge is -2.03. The topological polar surface area (TPSA) is 41.6 Å². The van der Waals surface area contributed by atoms with Gasteiger partial charge in [0.25, 0.3) is 0 Å². The van der Waals surface area contributed by atoms with Crippen molar-refractivity contribution in [3.8, 4) is 11.3 Å². The molecule has 0 aliphatic rings. The zero-order chi connectivity index (χ0) is 14.4. The maximum atomic E-state index is 4.35.